The average molecular weight is 236 g/mol. The zero-order chi connectivity index (χ0) is 13.2. The number of hydrogen-bond donors (Lipinski definition) is 0. The van der Waals surface area contributed by atoms with Crippen molar-refractivity contribution in [1.82, 2.24) is 9.69 Å². The Balaban J connectivity index is 2.81. The molecule has 0 saturated carbocycles. The van der Waals surface area contributed by atoms with Crippen LogP contribution in [0, 0.1) is 0 Å². The molecule has 0 unspecified atom stereocenters. The van der Waals surface area contributed by atoms with Crippen molar-refractivity contribution >= 4 is 33.0 Å². The number of ether oxygens (including phenoxy) is 1. The molecule has 5 nitrogen and oxygen atoms in total. The van der Waals surface area contributed by atoms with E-state index in [9.17, 15) is 9.11 Å². The van der Waals surface area contributed by atoms with Gasteiger partial charge in [0.25, 0.3) is 0 Å². The molecule has 3 radical (unpaired) electrons. The number of amides is 1. The van der Waals surface area contributed by atoms with E-state index in [2.05, 4.69) is 5.10 Å². The highest BCUT2D eigenvalue weighted by atomic mass is 19.1. The van der Waals surface area contributed by atoms with E-state index in [1.165, 1.54) is 13.1 Å². The molecule has 1 amide bonds. The number of carbonyl (C=O) groups excluding carboxylic acids is 1. The summed E-state index contributed by atoms with van der Waals surface area (Å²) in [6.07, 6.45) is -0.582. The van der Waals surface area contributed by atoms with Crippen molar-refractivity contribution in [2.45, 2.75) is 26.4 Å². The minimum absolute atomic E-state index is 0.0953. The van der Waals surface area contributed by atoms with Crippen LogP contribution in [0.3, 0.4) is 0 Å². The van der Waals surface area contributed by atoms with E-state index in [0.29, 0.717) is 0 Å². The molecule has 1 aromatic rings. The van der Waals surface area contributed by atoms with Crippen LogP contribution in [0.5, 0.6) is 0 Å². The summed E-state index contributed by atoms with van der Waals surface area (Å²) in [5.74, 6) is 0.214. The van der Waals surface area contributed by atoms with Crippen LogP contribution < -0.4 is 10.5 Å². The molecular weight excluding hydrogens is 223 g/mol. The van der Waals surface area contributed by atoms with E-state index < -0.39 is 11.7 Å². The first-order valence-corrected chi connectivity index (χ1v) is 5.00. The van der Waals surface area contributed by atoms with Crippen LogP contribution in [0.25, 0.3) is 0 Å². The summed E-state index contributed by atoms with van der Waals surface area (Å²) in [5, 5.41) is 3.77. The quantitative estimate of drug-likeness (QED) is 0.698. The first kappa shape index (κ1) is 13.6. The molecule has 89 valence electrons. The summed E-state index contributed by atoms with van der Waals surface area (Å²) < 4.78 is 18.3. The predicted molar refractivity (Wildman–Crippen MR) is 64.5 cm³/mol. The summed E-state index contributed by atoms with van der Waals surface area (Å²) in [6, 6.07) is 1.38. The van der Waals surface area contributed by atoms with Gasteiger partial charge in [0, 0.05) is 7.05 Å². The van der Waals surface area contributed by atoms with Crippen LogP contribution in [-0.2, 0) is 4.74 Å². The van der Waals surface area contributed by atoms with Crippen LogP contribution >= 0.6 is 0 Å². The number of aromatic nitrogens is 2. The number of anilines is 1. The van der Waals surface area contributed by atoms with Crippen LogP contribution in [0.4, 0.5) is 14.9 Å². The van der Waals surface area contributed by atoms with Crippen LogP contribution in [0.2, 0.25) is 0 Å². The van der Waals surface area contributed by atoms with Gasteiger partial charge in [0.15, 0.2) is 5.82 Å². The first-order valence-electron chi connectivity index (χ1n) is 5.00. The molecule has 0 spiro atoms. The van der Waals surface area contributed by atoms with Gasteiger partial charge in [-0.3, -0.25) is 9.49 Å². The molecule has 0 fully saturated rings. The third-order valence-electron chi connectivity index (χ3n) is 1.86. The largest absolute Gasteiger partial charge is 0.512 e. The number of hydrogen-bond acceptors (Lipinski definition) is 3. The Hall–Kier alpha value is -1.46. The number of carbonyl (C=O) groups is 1. The second kappa shape index (κ2) is 4.81. The molecule has 1 rings (SSSR count). The molecule has 0 saturated heterocycles. The average Bonchev–Trinajstić information content (AvgIpc) is 2.55. The maximum atomic E-state index is 12.3. The maximum absolute atomic E-state index is 12.3. The Kier molecular flexibility index (Phi) is 3.85. The smallest absolute Gasteiger partial charge is 0.443 e. The highest BCUT2D eigenvalue weighted by Crippen LogP contribution is 2.13. The zero-order valence-electron chi connectivity index (χ0n) is 10.3. The van der Waals surface area contributed by atoms with Crippen molar-refractivity contribution in [2.24, 2.45) is 0 Å². The monoisotopic (exact) mass is 236 g/mol. The van der Waals surface area contributed by atoms with E-state index in [4.69, 9.17) is 12.6 Å². The molecule has 0 aromatic carbocycles. The van der Waals surface area contributed by atoms with Crippen LogP contribution in [0.1, 0.15) is 20.8 Å². The SMILES string of the molecule is [B]c1cc(N(C)C(=O)OC(C)(C)C)nn1[B]F. The Morgan fingerprint density at radius 2 is 2.24 bits per heavy atom. The Morgan fingerprint density at radius 1 is 1.65 bits per heavy atom. The molecule has 0 aliphatic heterocycles. The lowest BCUT2D eigenvalue weighted by molar-refractivity contribution is 0.0588. The number of nitrogens with zero attached hydrogens (tertiary/aromatic N) is 3. The third-order valence-corrected chi connectivity index (χ3v) is 1.86. The van der Waals surface area contributed by atoms with Gasteiger partial charge in [-0.15, -0.1) is 0 Å². The van der Waals surface area contributed by atoms with Gasteiger partial charge in [0.1, 0.15) is 13.4 Å². The summed E-state index contributed by atoms with van der Waals surface area (Å²) in [4.78, 5) is 12.8. The summed E-state index contributed by atoms with van der Waals surface area (Å²) in [6.45, 7) is 5.25. The molecular formula is C9H13B2FN3O2. The van der Waals surface area contributed by atoms with Crippen molar-refractivity contribution < 1.29 is 13.8 Å². The summed E-state index contributed by atoms with van der Waals surface area (Å²) in [7, 11) is 7.15. The topological polar surface area (TPSA) is 47.4 Å². The van der Waals surface area contributed by atoms with Gasteiger partial charge in [-0.25, -0.2) is 4.79 Å². The van der Waals surface area contributed by atoms with E-state index in [0.717, 1.165) is 9.49 Å². The molecule has 1 aromatic heterocycles. The lowest BCUT2D eigenvalue weighted by Gasteiger charge is -2.23. The fraction of sp³-hybridized carbons (Fsp3) is 0.556. The van der Waals surface area contributed by atoms with Crippen LogP contribution in [0.15, 0.2) is 6.07 Å². The van der Waals surface area contributed by atoms with E-state index in [1.807, 2.05) is 0 Å². The summed E-state index contributed by atoms with van der Waals surface area (Å²) in [5.41, 5.74) is -0.510. The maximum Gasteiger partial charge on any atom is 0.512 e. The van der Waals surface area contributed by atoms with Crippen LogP contribution in [-0.4, -0.2) is 44.0 Å². The lowest BCUT2D eigenvalue weighted by atomic mass is 10.0. The standard InChI is InChI=1S/C9H13B2FN3O2/c1-9(2,3)17-8(16)14(4)7-5-6(10)15(11-12)13-7/h5H,1-4H3. The van der Waals surface area contributed by atoms with Gasteiger partial charge in [-0.05, 0) is 32.4 Å². The minimum Gasteiger partial charge on any atom is -0.443 e. The number of halogens is 1. The zero-order valence-corrected chi connectivity index (χ0v) is 10.3. The highest BCUT2D eigenvalue weighted by molar-refractivity contribution is 6.37. The van der Waals surface area contributed by atoms with Crippen molar-refractivity contribution in [1.29, 1.82) is 0 Å². The second-order valence-electron chi connectivity index (χ2n) is 4.51. The van der Waals surface area contributed by atoms with Gasteiger partial charge in [0.05, 0.1) is 0 Å². The summed E-state index contributed by atoms with van der Waals surface area (Å²) >= 11 is 0. The highest BCUT2D eigenvalue weighted by Gasteiger charge is 2.22. The second-order valence-corrected chi connectivity index (χ2v) is 4.51. The van der Waals surface area contributed by atoms with Crippen molar-refractivity contribution in [3.8, 4) is 0 Å². The predicted octanol–water partition coefficient (Wildman–Crippen LogP) is 0.400. The molecule has 0 aliphatic rings. The van der Waals surface area contributed by atoms with E-state index in [-0.39, 0.29) is 19.1 Å². The van der Waals surface area contributed by atoms with E-state index >= 15 is 0 Å². The van der Waals surface area contributed by atoms with Crippen molar-refractivity contribution in [3.63, 3.8) is 0 Å². The molecule has 0 aliphatic carbocycles. The first-order chi connectivity index (χ1) is 7.74. The van der Waals surface area contributed by atoms with Gasteiger partial charge in [-0.1, -0.05) is 0 Å². The van der Waals surface area contributed by atoms with Crippen molar-refractivity contribution in [3.05, 3.63) is 6.07 Å². The molecule has 0 bridgehead atoms. The van der Waals surface area contributed by atoms with E-state index in [1.54, 1.807) is 20.8 Å². The Bertz CT molecular complexity index is 417. The van der Waals surface area contributed by atoms with Crippen molar-refractivity contribution in [2.75, 3.05) is 11.9 Å². The molecule has 0 N–H and O–H groups in total. The molecule has 0 atom stereocenters. The molecule has 1 heterocycles. The third kappa shape index (κ3) is 3.51. The van der Waals surface area contributed by atoms with Gasteiger partial charge < -0.3 is 9.05 Å². The fourth-order valence-electron chi connectivity index (χ4n) is 1.06. The van der Waals surface area contributed by atoms with Gasteiger partial charge in [-0.2, -0.15) is 5.10 Å². The molecule has 17 heavy (non-hydrogen) atoms. The number of rotatable bonds is 2. The minimum atomic E-state index is -0.605. The molecule has 8 heteroatoms. The normalized spacial score (nSPS) is 11.1. The van der Waals surface area contributed by atoms with Gasteiger partial charge >= 0.3 is 13.8 Å². The lowest BCUT2D eigenvalue weighted by Crippen LogP contribution is -2.34. The fourth-order valence-corrected chi connectivity index (χ4v) is 1.06. The Labute approximate surface area is 102 Å². The Morgan fingerprint density at radius 3 is 2.65 bits per heavy atom. The van der Waals surface area contributed by atoms with Gasteiger partial charge in [0.2, 0.25) is 0 Å².